The molecule has 0 saturated heterocycles. The molecule has 1 atom stereocenters. The van der Waals surface area contributed by atoms with Crippen LogP contribution in [0.2, 0.25) is 0 Å². The van der Waals surface area contributed by atoms with Gasteiger partial charge < -0.3 is 10.4 Å². The third-order valence-electron chi connectivity index (χ3n) is 3.51. The standard InChI is InChI=1S/C16H20N2O3/c1-12(17-10-5-11-18(21)16(19)20)14-9-4-7-13-6-2-3-8-15(13)14/h2-4,6-9,12,17,21H,5,10-11H2,1H3,(H,19,20)/t12-/m0/s1. The first kappa shape index (κ1) is 15.3. The highest BCUT2D eigenvalue weighted by atomic mass is 16.6. The van der Waals surface area contributed by atoms with Crippen LogP contribution < -0.4 is 5.32 Å². The number of hydrogen-bond acceptors (Lipinski definition) is 3. The second-order valence-corrected chi connectivity index (χ2v) is 5.00. The summed E-state index contributed by atoms with van der Waals surface area (Å²) in [6.07, 6.45) is -0.769. The fourth-order valence-corrected chi connectivity index (χ4v) is 2.38. The zero-order valence-corrected chi connectivity index (χ0v) is 12.0. The summed E-state index contributed by atoms with van der Waals surface area (Å²) >= 11 is 0. The van der Waals surface area contributed by atoms with Crippen molar-refractivity contribution in [3.63, 3.8) is 0 Å². The zero-order valence-electron chi connectivity index (χ0n) is 12.0. The van der Waals surface area contributed by atoms with E-state index in [2.05, 4.69) is 36.5 Å². The van der Waals surface area contributed by atoms with Gasteiger partial charge in [0.15, 0.2) is 0 Å². The topological polar surface area (TPSA) is 72.8 Å². The first-order valence-corrected chi connectivity index (χ1v) is 7.00. The lowest BCUT2D eigenvalue weighted by atomic mass is 10.00. The molecule has 0 aliphatic rings. The Labute approximate surface area is 123 Å². The largest absolute Gasteiger partial charge is 0.463 e. The van der Waals surface area contributed by atoms with Gasteiger partial charge in [0.25, 0.3) is 0 Å². The van der Waals surface area contributed by atoms with Crippen LogP contribution in [0.15, 0.2) is 42.5 Å². The van der Waals surface area contributed by atoms with Crippen LogP contribution in [-0.2, 0) is 0 Å². The SMILES string of the molecule is C[C@H](NCCCN(O)C(=O)O)c1cccc2ccccc12. The van der Waals surface area contributed by atoms with Crippen LogP contribution in [0.4, 0.5) is 4.79 Å². The van der Waals surface area contributed by atoms with E-state index in [1.165, 1.54) is 16.3 Å². The molecule has 0 aromatic heterocycles. The summed E-state index contributed by atoms with van der Waals surface area (Å²) in [5.41, 5.74) is 1.21. The Morgan fingerprint density at radius 1 is 1.24 bits per heavy atom. The maximum Gasteiger partial charge on any atom is 0.431 e. The Morgan fingerprint density at radius 2 is 1.95 bits per heavy atom. The average molecular weight is 288 g/mol. The Hall–Kier alpha value is -2.11. The highest BCUT2D eigenvalue weighted by molar-refractivity contribution is 5.86. The van der Waals surface area contributed by atoms with Crippen LogP contribution in [0.3, 0.4) is 0 Å². The van der Waals surface area contributed by atoms with Crippen LogP contribution >= 0.6 is 0 Å². The van der Waals surface area contributed by atoms with Gasteiger partial charge in [0.1, 0.15) is 0 Å². The lowest BCUT2D eigenvalue weighted by Gasteiger charge is -2.17. The van der Waals surface area contributed by atoms with Gasteiger partial charge in [-0.05, 0) is 36.2 Å². The normalized spacial score (nSPS) is 12.3. The fraction of sp³-hybridized carbons (Fsp3) is 0.312. The second kappa shape index (κ2) is 7.06. The molecule has 1 amide bonds. The summed E-state index contributed by atoms with van der Waals surface area (Å²) in [5, 5.41) is 23.7. The molecule has 0 aliphatic carbocycles. The van der Waals surface area contributed by atoms with Gasteiger partial charge in [0.2, 0.25) is 0 Å². The minimum Gasteiger partial charge on any atom is -0.463 e. The Balaban J connectivity index is 1.93. The van der Waals surface area contributed by atoms with Gasteiger partial charge >= 0.3 is 6.09 Å². The molecule has 21 heavy (non-hydrogen) atoms. The molecule has 5 nitrogen and oxygen atoms in total. The summed E-state index contributed by atoms with van der Waals surface area (Å²) in [6.45, 7) is 2.81. The summed E-state index contributed by atoms with van der Waals surface area (Å²) < 4.78 is 0. The monoisotopic (exact) mass is 288 g/mol. The van der Waals surface area contributed by atoms with Crippen molar-refractivity contribution < 1.29 is 15.1 Å². The molecule has 2 aromatic carbocycles. The first-order chi connectivity index (χ1) is 10.1. The minimum absolute atomic E-state index is 0.102. The lowest BCUT2D eigenvalue weighted by molar-refractivity contribution is -0.0640. The number of hydrogen-bond donors (Lipinski definition) is 3. The number of carbonyl (C=O) groups is 1. The Bertz CT molecular complexity index is 610. The number of carboxylic acid groups (broad SMARTS) is 1. The molecule has 3 N–H and O–H groups in total. The molecule has 0 fully saturated rings. The number of rotatable bonds is 6. The number of nitrogens with zero attached hydrogens (tertiary/aromatic N) is 1. The summed E-state index contributed by atoms with van der Waals surface area (Å²) in [4.78, 5) is 10.5. The maximum atomic E-state index is 10.5. The molecule has 0 aliphatic heterocycles. The molecule has 2 rings (SSSR count). The van der Waals surface area contributed by atoms with Crippen molar-refractivity contribution in [2.75, 3.05) is 13.1 Å². The van der Waals surface area contributed by atoms with E-state index in [9.17, 15) is 4.79 Å². The number of amides is 1. The van der Waals surface area contributed by atoms with Crippen LogP contribution in [0, 0.1) is 0 Å². The van der Waals surface area contributed by atoms with Crippen molar-refractivity contribution in [1.82, 2.24) is 10.4 Å². The molecule has 0 bridgehead atoms. The molecular formula is C16H20N2O3. The quantitative estimate of drug-likeness (QED) is 0.433. The van der Waals surface area contributed by atoms with Crippen molar-refractivity contribution >= 4 is 16.9 Å². The summed E-state index contributed by atoms with van der Waals surface area (Å²) in [6, 6.07) is 14.6. The van der Waals surface area contributed by atoms with Crippen molar-refractivity contribution in [3.05, 3.63) is 48.0 Å². The second-order valence-electron chi connectivity index (χ2n) is 5.00. The van der Waals surface area contributed by atoms with E-state index < -0.39 is 6.09 Å². The molecule has 2 aromatic rings. The van der Waals surface area contributed by atoms with Gasteiger partial charge in [-0.3, -0.25) is 5.21 Å². The Kier molecular flexibility index (Phi) is 5.14. The van der Waals surface area contributed by atoms with Crippen molar-refractivity contribution in [1.29, 1.82) is 0 Å². The van der Waals surface area contributed by atoms with E-state index in [0.29, 0.717) is 18.0 Å². The van der Waals surface area contributed by atoms with Crippen LogP contribution in [0.1, 0.15) is 24.9 Å². The van der Waals surface area contributed by atoms with Crippen molar-refractivity contribution in [2.45, 2.75) is 19.4 Å². The van der Waals surface area contributed by atoms with Crippen LogP contribution in [0.25, 0.3) is 10.8 Å². The Morgan fingerprint density at radius 3 is 2.71 bits per heavy atom. The van der Waals surface area contributed by atoms with Crippen molar-refractivity contribution in [2.24, 2.45) is 0 Å². The van der Waals surface area contributed by atoms with E-state index >= 15 is 0 Å². The number of nitrogens with one attached hydrogen (secondary N) is 1. The third-order valence-corrected chi connectivity index (χ3v) is 3.51. The number of fused-ring (bicyclic) bond motifs is 1. The van der Waals surface area contributed by atoms with Gasteiger partial charge in [0, 0.05) is 6.04 Å². The molecule has 0 radical (unpaired) electrons. The first-order valence-electron chi connectivity index (χ1n) is 7.00. The molecule has 112 valence electrons. The fourth-order valence-electron chi connectivity index (χ4n) is 2.38. The third kappa shape index (κ3) is 3.93. The molecule has 0 spiro atoms. The van der Waals surface area contributed by atoms with Gasteiger partial charge in [-0.1, -0.05) is 42.5 Å². The zero-order chi connectivity index (χ0) is 15.2. The van der Waals surface area contributed by atoms with Crippen LogP contribution in [0.5, 0.6) is 0 Å². The van der Waals surface area contributed by atoms with Gasteiger partial charge in [0.05, 0.1) is 6.54 Å². The van der Waals surface area contributed by atoms with E-state index in [-0.39, 0.29) is 12.6 Å². The molecule has 0 heterocycles. The van der Waals surface area contributed by atoms with Crippen molar-refractivity contribution in [3.8, 4) is 0 Å². The molecule has 0 saturated carbocycles. The van der Waals surface area contributed by atoms with Crippen LogP contribution in [-0.4, -0.2) is 34.6 Å². The van der Waals surface area contributed by atoms with E-state index in [1.807, 2.05) is 18.2 Å². The minimum atomic E-state index is -1.32. The van der Waals surface area contributed by atoms with E-state index in [1.54, 1.807) is 0 Å². The highest BCUT2D eigenvalue weighted by Gasteiger charge is 2.10. The van der Waals surface area contributed by atoms with Gasteiger partial charge in [-0.25, -0.2) is 4.79 Å². The highest BCUT2D eigenvalue weighted by Crippen LogP contribution is 2.23. The lowest BCUT2D eigenvalue weighted by Crippen LogP contribution is -2.29. The predicted molar refractivity (Wildman–Crippen MR) is 81.5 cm³/mol. The molecule has 0 unspecified atom stereocenters. The number of hydroxylamine groups is 2. The smallest absolute Gasteiger partial charge is 0.431 e. The summed E-state index contributed by atoms with van der Waals surface area (Å²) in [5.74, 6) is 0. The maximum absolute atomic E-state index is 10.5. The van der Waals surface area contributed by atoms with E-state index in [0.717, 1.165) is 0 Å². The number of benzene rings is 2. The van der Waals surface area contributed by atoms with Gasteiger partial charge in [-0.15, -0.1) is 0 Å². The molecular weight excluding hydrogens is 268 g/mol. The summed E-state index contributed by atoms with van der Waals surface area (Å²) in [7, 11) is 0. The van der Waals surface area contributed by atoms with E-state index in [4.69, 9.17) is 10.3 Å². The predicted octanol–water partition coefficient (Wildman–Crippen LogP) is 3.25. The van der Waals surface area contributed by atoms with Gasteiger partial charge in [-0.2, -0.15) is 5.06 Å². The molecule has 5 heteroatoms. The average Bonchev–Trinajstić information content (AvgIpc) is 2.50.